The highest BCUT2D eigenvalue weighted by Crippen LogP contribution is 2.03. The lowest BCUT2D eigenvalue weighted by atomic mass is 10.2. The van der Waals surface area contributed by atoms with Crippen molar-refractivity contribution in [1.29, 1.82) is 0 Å². The summed E-state index contributed by atoms with van der Waals surface area (Å²) in [6, 6.07) is 5.52. The molecule has 1 amide bonds. The standard InChI is InChI=1S/C13H18FNO3/c1-3-17-12(18-4-2)9-15-13(16)10-6-5-7-11(14)8-10/h5-8,12H,3-4,9H2,1-2H3,(H,15,16). The summed E-state index contributed by atoms with van der Waals surface area (Å²) in [6.07, 6.45) is -0.475. The lowest BCUT2D eigenvalue weighted by molar-refractivity contribution is -0.131. The predicted octanol–water partition coefficient (Wildman–Crippen LogP) is 1.95. The maximum absolute atomic E-state index is 12.9. The SMILES string of the molecule is CCOC(CNC(=O)c1cccc(F)c1)OCC. The first-order valence-corrected chi connectivity index (χ1v) is 5.94. The summed E-state index contributed by atoms with van der Waals surface area (Å²) >= 11 is 0. The Morgan fingerprint density at radius 3 is 2.56 bits per heavy atom. The lowest BCUT2D eigenvalue weighted by Crippen LogP contribution is -2.35. The third-order valence-electron chi connectivity index (χ3n) is 2.22. The Hall–Kier alpha value is -1.46. The zero-order valence-electron chi connectivity index (χ0n) is 10.6. The number of nitrogens with one attached hydrogen (secondary N) is 1. The highest BCUT2D eigenvalue weighted by molar-refractivity contribution is 5.94. The van der Waals surface area contributed by atoms with Crippen LogP contribution in [0, 0.1) is 5.82 Å². The average Bonchev–Trinajstić information content (AvgIpc) is 2.36. The normalized spacial score (nSPS) is 10.7. The van der Waals surface area contributed by atoms with E-state index in [2.05, 4.69) is 5.32 Å². The van der Waals surface area contributed by atoms with E-state index in [-0.39, 0.29) is 18.0 Å². The van der Waals surface area contributed by atoms with Crippen molar-refractivity contribution in [2.75, 3.05) is 19.8 Å². The minimum Gasteiger partial charge on any atom is -0.351 e. The molecule has 0 radical (unpaired) electrons. The molecule has 100 valence electrons. The van der Waals surface area contributed by atoms with Crippen molar-refractivity contribution in [3.63, 3.8) is 0 Å². The highest BCUT2D eigenvalue weighted by atomic mass is 19.1. The van der Waals surface area contributed by atoms with Gasteiger partial charge in [-0.25, -0.2) is 4.39 Å². The van der Waals surface area contributed by atoms with Gasteiger partial charge in [-0.15, -0.1) is 0 Å². The van der Waals surface area contributed by atoms with Gasteiger partial charge in [-0.3, -0.25) is 4.79 Å². The van der Waals surface area contributed by atoms with E-state index in [1.54, 1.807) is 6.07 Å². The fourth-order valence-electron chi connectivity index (χ4n) is 1.45. The summed E-state index contributed by atoms with van der Waals surface area (Å²) in [5, 5.41) is 2.64. The summed E-state index contributed by atoms with van der Waals surface area (Å²) in [5.41, 5.74) is 0.279. The molecule has 0 saturated heterocycles. The Kier molecular flexibility index (Phi) is 6.32. The van der Waals surface area contributed by atoms with Crippen LogP contribution in [0.2, 0.25) is 0 Å². The van der Waals surface area contributed by atoms with Crippen LogP contribution in [-0.4, -0.2) is 32.0 Å². The number of rotatable bonds is 7. The molecule has 0 bridgehead atoms. The van der Waals surface area contributed by atoms with E-state index in [1.165, 1.54) is 18.2 Å². The van der Waals surface area contributed by atoms with Crippen LogP contribution in [0.25, 0.3) is 0 Å². The van der Waals surface area contributed by atoms with Gasteiger partial charge in [-0.05, 0) is 32.0 Å². The van der Waals surface area contributed by atoms with Gasteiger partial charge in [0, 0.05) is 18.8 Å². The van der Waals surface area contributed by atoms with Crippen LogP contribution < -0.4 is 5.32 Å². The number of hydrogen-bond acceptors (Lipinski definition) is 3. The third-order valence-corrected chi connectivity index (χ3v) is 2.22. The van der Waals surface area contributed by atoms with Gasteiger partial charge < -0.3 is 14.8 Å². The Bertz CT molecular complexity index is 378. The number of carbonyl (C=O) groups is 1. The number of amides is 1. The van der Waals surface area contributed by atoms with Crippen LogP contribution in [-0.2, 0) is 9.47 Å². The van der Waals surface area contributed by atoms with E-state index in [0.29, 0.717) is 13.2 Å². The van der Waals surface area contributed by atoms with E-state index in [0.717, 1.165) is 0 Å². The van der Waals surface area contributed by atoms with E-state index in [9.17, 15) is 9.18 Å². The molecular weight excluding hydrogens is 237 g/mol. The first-order chi connectivity index (χ1) is 8.67. The first kappa shape index (κ1) is 14.6. The van der Waals surface area contributed by atoms with Crippen molar-refractivity contribution in [2.24, 2.45) is 0 Å². The molecule has 0 atom stereocenters. The molecule has 0 fully saturated rings. The van der Waals surface area contributed by atoms with Gasteiger partial charge in [-0.2, -0.15) is 0 Å². The molecule has 0 aromatic heterocycles. The fourth-order valence-corrected chi connectivity index (χ4v) is 1.45. The van der Waals surface area contributed by atoms with Crippen molar-refractivity contribution in [2.45, 2.75) is 20.1 Å². The zero-order valence-corrected chi connectivity index (χ0v) is 10.6. The van der Waals surface area contributed by atoms with Crippen molar-refractivity contribution in [3.05, 3.63) is 35.6 Å². The van der Waals surface area contributed by atoms with Crippen molar-refractivity contribution < 1.29 is 18.7 Å². The molecule has 1 rings (SSSR count). The van der Waals surface area contributed by atoms with Gasteiger partial charge in [0.15, 0.2) is 6.29 Å². The highest BCUT2D eigenvalue weighted by Gasteiger charge is 2.11. The number of hydrogen-bond donors (Lipinski definition) is 1. The number of halogens is 1. The fraction of sp³-hybridized carbons (Fsp3) is 0.462. The predicted molar refractivity (Wildman–Crippen MR) is 65.8 cm³/mol. The van der Waals surface area contributed by atoms with E-state index in [1.807, 2.05) is 13.8 Å². The summed E-state index contributed by atoms with van der Waals surface area (Å²) in [5.74, 6) is -0.785. The molecule has 1 aromatic carbocycles. The molecule has 0 aliphatic rings. The summed E-state index contributed by atoms with van der Waals surface area (Å²) in [7, 11) is 0. The van der Waals surface area contributed by atoms with Crippen LogP contribution in [0.1, 0.15) is 24.2 Å². The summed E-state index contributed by atoms with van der Waals surface area (Å²) < 4.78 is 23.5. The Labute approximate surface area is 106 Å². The molecule has 0 unspecified atom stereocenters. The molecule has 0 aliphatic carbocycles. The van der Waals surface area contributed by atoms with E-state index < -0.39 is 12.1 Å². The van der Waals surface area contributed by atoms with Gasteiger partial charge >= 0.3 is 0 Å². The third kappa shape index (κ3) is 4.81. The van der Waals surface area contributed by atoms with Crippen molar-refractivity contribution in [3.8, 4) is 0 Å². The average molecular weight is 255 g/mol. The van der Waals surface area contributed by atoms with Crippen LogP contribution in [0.15, 0.2) is 24.3 Å². The Morgan fingerprint density at radius 2 is 2.00 bits per heavy atom. The van der Waals surface area contributed by atoms with Gasteiger partial charge in [0.05, 0.1) is 6.54 Å². The van der Waals surface area contributed by atoms with Crippen LogP contribution in [0.5, 0.6) is 0 Å². The molecule has 0 spiro atoms. The molecule has 1 N–H and O–H groups in total. The summed E-state index contributed by atoms with van der Waals surface area (Å²) in [4.78, 5) is 11.7. The van der Waals surface area contributed by atoms with Crippen LogP contribution in [0.3, 0.4) is 0 Å². The minimum atomic E-state index is -0.475. The molecule has 0 heterocycles. The Morgan fingerprint density at radius 1 is 1.33 bits per heavy atom. The second-order valence-electron chi connectivity index (χ2n) is 3.56. The molecule has 4 nitrogen and oxygen atoms in total. The molecule has 0 aliphatic heterocycles. The van der Waals surface area contributed by atoms with Crippen LogP contribution >= 0.6 is 0 Å². The zero-order chi connectivity index (χ0) is 13.4. The molecular formula is C13H18FNO3. The number of carbonyl (C=O) groups excluding carboxylic acids is 1. The second-order valence-corrected chi connectivity index (χ2v) is 3.56. The number of benzene rings is 1. The smallest absolute Gasteiger partial charge is 0.251 e. The maximum Gasteiger partial charge on any atom is 0.251 e. The van der Waals surface area contributed by atoms with Gasteiger partial charge in [0.25, 0.3) is 5.91 Å². The molecule has 18 heavy (non-hydrogen) atoms. The van der Waals surface area contributed by atoms with Gasteiger partial charge in [0.2, 0.25) is 0 Å². The quantitative estimate of drug-likeness (QED) is 0.758. The largest absolute Gasteiger partial charge is 0.351 e. The van der Waals surface area contributed by atoms with Crippen molar-refractivity contribution in [1.82, 2.24) is 5.32 Å². The summed E-state index contributed by atoms with van der Waals surface area (Å²) in [6.45, 7) is 4.93. The lowest BCUT2D eigenvalue weighted by Gasteiger charge is -2.17. The molecule has 1 aromatic rings. The monoisotopic (exact) mass is 255 g/mol. The first-order valence-electron chi connectivity index (χ1n) is 5.94. The molecule has 5 heteroatoms. The van der Waals surface area contributed by atoms with Gasteiger partial charge in [-0.1, -0.05) is 6.07 Å². The molecule has 0 saturated carbocycles. The minimum absolute atomic E-state index is 0.233. The Balaban J connectivity index is 2.49. The second kappa shape index (κ2) is 7.79. The van der Waals surface area contributed by atoms with E-state index >= 15 is 0 Å². The maximum atomic E-state index is 12.9. The topological polar surface area (TPSA) is 47.6 Å². The van der Waals surface area contributed by atoms with E-state index in [4.69, 9.17) is 9.47 Å². The van der Waals surface area contributed by atoms with Gasteiger partial charge in [0.1, 0.15) is 5.82 Å². The van der Waals surface area contributed by atoms with Crippen LogP contribution in [0.4, 0.5) is 4.39 Å². The van der Waals surface area contributed by atoms with Crippen molar-refractivity contribution >= 4 is 5.91 Å². The number of ether oxygens (including phenoxy) is 2.